The van der Waals surface area contributed by atoms with Gasteiger partial charge in [-0.1, -0.05) is 48.5 Å². The highest BCUT2D eigenvalue weighted by Crippen LogP contribution is 2.26. The molecule has 8 nitrogen and oxygen atoms in total. The molecular weight excluding hydrogens is 480 g/mol. The predicted octanol–water partition coefficient (Wildman–Crippen LogP) is 3.96. The van der Waals surface area contributed by atoms with Gasteiger partial charge >= 0.3 is 0 Å². The van der Waals surface area contributed by atoms with Gasteiger partial charge in [0.1, 0.15) is 17.5 Å². The van der Waals surface area contributed by atoms with E-state index in [1.54, 1.807) is 72.2 Å². The monoisotopic (exact) mass is 510 g/mol. The van der Waals surface area contributed by atoms with Crippen LogP contribution in [-0.4, -0.2) is 43.6 Å². The van der Waals surface area contributed by atoms with Crippen LogP contribution in [0.25, 0.3) is 0 Å². The normalized spacial score (nSPS) is 12.1. The molecule has 1 unspecified atom stereocenters. The van der Waals surface area contributed by atoms with Crippen molar-refractivity contribution in [2.75, 3.05) is 13.7 Å². The van der Waals surface area contributed by atoms with Gasteiger partial charge in [-0.15, -0.1) is 6.58 Å². The van der Waals surface area contributed by atoms with Crippen molar-refractivity contribution in [1.82, 2.24) is 9.79 Å². The second-order valence-electron chi connectivity index (χ2n) is 7.98. The number of nitrogens with one attached hydrogen (secondary N) is 1. The zero-order valence-electron chi connectivity index (χ0n) is 20.0. The molecule has 0 heterocycles. The highest BCUT2D eigenvalue weighted by Gasteiger charge is 2.36. The Morgan fingerprint density at radius 3 is 2.36 bits per heavy atom. The van der Waals surface area contributed by atoms with Crippen LogP contribution >= 0.6 is 0 Å². The summed E-state index contributed by atoms with van der Waals surface area (Å²) in [6, 6.07) is 20.7. The van der Waals surface area contributed by atoms with Gasteiger partial charge in [-0.3, -0.25) is 10.0 Å². The molecule has 0 aromatic heterocycles. The average Bonchev–Trinajstić information content (AvgIpc) is 2.91. The lowest BCUT2D eigenvalue weighted by molar-refractivity contribution is -0.133. The molecule has 1 amide bonds. The predicted molar refractivity (Wildman–Crippen MR) is 136 cm³/mol. The van der Waals surface area contributed by atoms with Crippen molar-refractivity contribution in [3.63, 3.8) is 0 Å². The first-order chi connectivity index (χ1) is 17.4. The number of rotatable bonds is 13. The molecule has 0 spiro atoms. The van der Waals surface area contributed by atoms with Crippen molar-refractivity contribution in [2.45, 2.75) is 30.3 Å². The number of ether oxygens (including phenoxy) is 2. The van der Waals surface area contributed by atoms with Gasteiger partial charge < -0.3 is 9.47 Å². The molecule has 3 aromatic carbocycles. The third-order valence-electron chi connectivity index (χ3n) is 5.53. The maximum Gasteiger partial charge on any atom is 0.262 e. The number of methoxy groups -OCH3 is 1. The van der Waals surface area contributed by atoms with Crippen LogP contribution in [-0.2, 0) is 27.8 Å². The molecule has 0 bridgehead atoms. The van der Waals surface area contributed by atoms with E-state index in [1.165, 1.54) is 19.2 Å². The number of sulfonamides is 1. The zero-order valence-corrected chi connectivity index (χ0v) is 20.9. The van der Waals surface area contributed by atoms with Gasteiger partial charge in [0.2, 0.25) is 10.0 Å². The van der Waals surface area contributed by atoms with Crippen molar-refractivity contribution >= 4 is 15.9 Å². The van der Waals surface area contributed by atoms with Gasteiger partial charge in [0.05, 0.1) is 18.6 Å². The number of nitrogens with zero attached hydrogens (tertiary/aromatic N) is 1. The number of hydrogen-bond donors (Lipinski definition) is 2. The molecule has 36 heavy (non-hydrogen) atoms. The fraction of sp³-hybridized carbons (Fsp3) is 0.222. The third kappa shape index (κ3) is 6.94. The lowest BCUT2D eigenvalue weighted by Crippen LogP contribution is -2.49. The highest BCUT2D eigenvalue weighted by molar-refractivity contribution is 7.89. The minimum atomic E-state index is -4.19. The van der Waals surface area contributed by atoms with E-state index in [9.17, 15) is 18.4 Å². The second kappa shape index (κ2) is 12.9. The number of amides is 1. The van der Waals surface area contributed by atoms with E-state index >= 15 is 0 Å². The van der Waals surface area contributed by atoms with Gasteiger partial charge in [0, 0.05) is 6.54 Å². The molecule has 0 saturated carbocycles. The topological polar surface area (TPSA) is 105 Å². The number of carbonyl (C=O) groups is 1. The van der Waals surface area contributed by atoms with Crippen molar-refractivity contribution < 1.29 is 27.9 Å². The van der Waals surface area contributed by atoms with E-state index in [4.69, 9.17) is 9.47 Å². The maximum absolute atomic E-state index is 13.9. The minimum Gasteiger partial charge on any atom is -0.497 e. The van der Waals surface area contributed by atoms with E-state index in [0.29, 0.717) is 30.1 Å². The standard InChI is InChI=1S/C27H30N2O6S/c1-3-4-17-35-23-13-15-25(16-14-23)36(32,33)29(20-22-11-8-12-24(18-22)34-2)26(27(30)28-31)19-21-9-6-5-7-10-21/h3,5-16,18,26,31H,1,4,17,19-20H2,2H3,(H,28,30). The molecule has 3 aromatic rings. The number of benzene rings is 3. The van der Waals surface area contributed by atoms with Gasteiger partial charge in [-0.05, 0) is 60.4 Å². The van der Waals surface area contributed by atoms with Crippen LogP contribution in [0.3, 0.4) is 0 Å². The Morgan fingerprint density at radius 1 is 1.03 bits per heavy atom. The average molecular weight is 511 g/mol. The molecule has 2 N–H and O–H groups in total. The molecule has 0 aliphatic heterocycles. The van der Waals surface area contributed by atoms with Gasteiger partial charge in [0.15, 0.2) is 0 Å². The third-order valence-corrected chi connectivity index (χ3v) is 7.39. The summed E-state index contributed by atoms with van der Waals surface area (Å²) in [5.74, 6) is 0.232. The van der Waals surface area contributed by atoms with Crippen molar-refractivity contribution in [2.24, 2.45) is 0 Å². The first-order valence-electron chi connectivity index (χ1n) is 11.4. The van der Waals surface area contributed by atoms with E-state index in [2.05, 4.69) is 6.58 Å². The van der Waals surface area contributed by atoms with Gasteiger partial charge in [-0.2, -0.15) is 4.31 Å². The summed E-state index contributed by atoms with van der Waals surface area (Å²) in [5, 5.41) is 9.49. The number of carbonyl (C=O) groups excluding carboxylic acids is 1. The fourth-order valence-electron chi connectivity index (χ4n) is 3.65. The van der Waals surface area contributed by atoms with E-state index < -0.39 is 22.0 Å². The summed E-state index contributed by atoms with van der Waals surface area (Å²) < 4.78 is 39.7. The Morgan fingerprint density at radius 2 is 1.72 bits per heavy atom. The summed E-state index contributed by atoms with van der Waals surface area (Å²) in [5.41, 5.74) is 2.99. The molecule has 0 fully saturated rings. The summed E-state index contributed by atoms with van der Waals surface area (Å²) in [7, 11) is -2.67. The van der Waals surface area contributed by atoms with Crippen molar-refractivity contribution in [3.05, 3.63) is 103 Å². The van der Waals surface area contributed by atoms with E-state index in [-0.39, 0.29) is 17.9 Å². The van der Waals surface area contributed by atoms with Crippen LogP contribution in [0.15, 0.2) is 96.4 Å². The minimum absolute atomic E-state index is 0.00901. The molecular formula is C27H30N2O6S. The zero-order chi connectivity index (χ0) is 26.0. The Hall–Kier alpha value is -3.66. The summed E-state index contributed by atoms with van der Waals surface area (Å²) >= 11 is 0. The van der Waals surface area contributed by atoms with Gasteiger partial charge in [-0.25, -0.2) is 13.9 Å². The van der Waals surface area contributed by atoms with Crippen LogP contribution in [0.2, 0.25) is 0 Å². The van der Waals surface area contributed by atoms with Crippen LogP contribution in [0.5, 0.6) is 11.5 Å². The van der Waals surface area contributed by atoms with E-state index in [0.717, 1.165) is 9.87 Å². The SMILES string of the molecule is C=CCCOc1ccc(S(=O)(=O)N(Cc2cccc(OC)c2)C(Cc2ccccc2)C(=O)NO)cc1. The molecule has 0 saturated heterocycles. The quantitative estimate of drug-likeness (QED) is 0.156. The van der Waals surface area contributed by atoms with Crippen LogP contribution < -0.4 is 15.0 Å². The summed E-state index contributed by atoms with van der Waals surface area (Å²) in [6.45, 7) is 3.95. The molecule has 9 heteroatoms. The molecule has 190 valence electrons. The summed E-state index contributed by atoms with van der Waals surface area (Å²) in [4.78, 5) is 12.8. The number of hydrogen-bond acceptors (Lipinski definition) is 6. The largest absolute Gasteiger partial charge is 0.497 e. The fourth-order valence-corrected chi connectivity index (χ4v) is 5.23. The molecule has 1 atom stereocenters. The smallest absolute Gasteiger partial charge is 0.262 e. The summed E-state index contributed by atoms with van der Waals surface area (Å²) in [6.07, 6.45) is 2.44. The van der Waals surface area contributed by atoms with Crippen LogP contribution in [0.4, 0.5) is 0 Å². The lowest BCUT2D eigenvalue weighted by atomic mass is 10.0. The molecule has 0 radical (unpaired) electrons. The number of hydroxylamine groups is 1. The Balaban J connectivity index is 2.02. The maximum atomic E-state index is 13.9. The van der Waals surface area contributed by atoms with Gasteiger partial charge in [0.25, 0.3) is 5.91 Å². The lowest BCUT2D eigenvalue weighted by Gasteiger charge is -2.30. The molecule has 0 aliphatic carbocycles. The van der Waals surface area contributed by atoms with Crippen molar-refractivity contribution in [3.8, 4) is 11.5 Å². The molecule has 0 aliphatic rings. The first kappa shape index (κ1) is 26.9. The van der Waals surface area contributed by atoms with Crippen LogP contribution in [0.1, 0.15) is 17.5 Å². The second-order valence-corrected chi connectivity index (χ2v) is 9.87. The Bertz CT molecular complexity index is 1250. The Labute approximate surface area is 211 Å². The highest BCUT2D eigenvalue weighted by atomic mass is 32.2. The molecule has 3 rings (SSSR count). The van der Waals surface area contributed by atoms with Crippen LogP contribution in [0, 0.1) is 0 Å². The first-order valence-corrected chi connectivity index (χ1v) is 12.8. The Kier molecular flexibility index (Phi) is 9.63. The van der Waals surface area contributed by atoms with E-state index in [1.807, 2.05) is 6.07 Å². The van der Waals surface area contributed by atoms with Crippen molar-refractivity contribution in [1.29, 1.82) is 0 Å².